The van der Waals surface area contributed by atoms with Gasteiger partial charge in [0.1, 0.15) is 5.75 Å². The number of aliphatic carboxylic acids is 1. The molecule has 1 N–H and O–H groups in total. The molecule has 0 bridgehead atoms. The molecule has 1 heterocycles. The third kappa shape index (κ3) is 4.28. The number of carboxylic acids is 1. The van der Waals surface area contributed by atoms with E-state index >= 15 is 0 Å². The van der Waals surface area contributed by atoms with E-state index in [1.54, 1.807) is 11.8 Å². The van der Waals surface area contributed by atoms with Gasteiger partial charge in [0, 0.05) is 13.1 Å². The fraction of sp³-hybridized carbons (Fsp3) is 0.579. The molecule has 1 aliphatic heterocycles. The van der Waals surface area contributed by atoms with Crippen molar-refractivity contribution in [2.75, 3.05) is 13.1 Å². The Morgan fingerprint density at radius 1 is 1.29 bits per heavy atom. The molecule has 1 aromatic rings. The van der Waals surface area contributed by atoms with Gasteiger partial charge < -0.3 is 14.7 Å². The summed E-state index contributed by atoms with van der Waals surface area (Å²) in [7, 11) is 0. The summed E-state index contributed by atoms with van der Waals surface area (Å²) in [6.45, 7) is 8.78. The molecule has 0 radical (unpaired) electrons. The Bertz CT molecular complexity index is 611. The number of nitrogens with zero attached hydrogens (tertiary/aromatic N) is 1. The van der Waals surface area contributed by atoms with Crippen LogP contribution in [0.3, 0.4) is 0 Å². The molecule has 1 saturated heterocycles. The summed E-state index contributed by atoms with van der Waals surface area (Å²) in [5, 5.41) is 9.16. The SMILES string of the molecule is Cc1ccc(C(C)C)cc1OC(C)C(=O)N1CCC[C@H](C(=O)O)C1. The molecule has 2 rings (SSSR count). The van der Waals surface area contributed by atoms with Crippen LogP contribution in [0.4, 0.5) is 0 Å². The zero-order valence-corrected chi connectivity index (χ0v) is 14.9. The van der Waals surface area contributed by atoms with Gasteiger partial charge in [0.05, 0.1) is 5.92 Å². The summed E-state index contributed by atoms with van der Waals surface area (Å²) in [5.41, 5.74) is 2.15. The minimum atomic E-state index is -0.832. The number of hydrogen-bond donors (Lipinski definition) is 1. The fourth-order valence-electron chi connectivity index (χ4n) is 2.98. The van der Waals surface area contributed by atoms with E-state index in [1.807, 2.05) is 19.1 Å². The lowest BCUT2D eigenvalue weighted by atomic mass is 9.98. The van der Waals surface area contributed by atoms with Gasteiger partial charge >= 0.3 is 5.97 Å². The maximum absolute atomic E-state index is 12.6. The van der Waals surface area contributed by atoms with E-state index in [2.05, 4.69) is 19.9 Å². The smallest absolute Gasteiger partial charge is 0.308 e. The van der Waals surface area contributed by atoms with Crippen molar-refractivity contribution in [3.63, 3.8) is 0 Å². The van der Waals surface area contributed by atoms with Gasteiger partial charge in [0.2, 0.25) is 0 Å². The van der Waals surface area contributed by atoms with Crippen molar-refractivity contribution in [2.24, 2.45) is 5.92 Å². The summed E-state index contributed by atoms with van der Waals surface area (Å²) in [6.07, 6.45) is 0.722. The van der Waals surface area contributed by atoms with Crippen molar-refractivity contribution < 1.29 is 19.4 Å². The van der Waals surface area contributed by atoms with Gasteiger partial charge in [-0.25, -0.2) is 0 Å². The highest BCUT2D eigenvalue weighted by Gasteiger charge is 2.31. The van der Waals surface area contributed by atoms with Crippen LogP contribution in [-0.2, 0) is 9.59 Å². The van der Waals surface area contributed by atoms with Crippen LogP contribution in [0.2, 0.25) is 0 Å². The minimum absolute atomic E-state index is 0.143. The summed E-state index contributed by atoms with van der Waals surface area (Å²) < 4.78 is 5.91. The van der Waals surface area contributed by atoms with Crippen LogP contribution in [-0.4, -0.2) is 41.1 Å². The van der Waals surface area contributed by atoms with Crippen molar-refractivity contribution in [3.8, 4) is 5.75 Å². The van der Waals surface area contributed by atoms with Crippen LogP contribution in [0, 0.1) is 12.8 Å². The summed E-state index contributed by atoms with van der Waals surface area (Å²) in [5.74, 6) is -0.344. The number of hydrogen-bond acceptors (Lipinski definition) is 3. The van der Waals surface area contributed by atoms with Crippen LogP contribution >= 0.6 is 0 Å². The molecule has 0 aromatic heterocycles. The van der Waals surface area contributed by atoms with Gasteiger partial charge in [-0.05, 0) is 49.8 Å². The first-order valence-electron chi connectivity index (χ1n) is 8.58. The molecule has 1 amide bonds. The highest BCUT2D eigenvalue weighted by molar-refractivity contribution is 5.82. The van der Waals surface area contributed by atoms with Crippen LogP contribution in [0.25, 0.3) is 0 Å². The second kappa shape index (κ2) is 7.69. The molecule has 2 atom stereocenters. The first-order chi connectivity index (χ1) is 11.3. The molecule has 1 aromatic carbocycles. The number of piperidine rings is 1. The van der Waals surface area contributed by atoms with E-state index in [-0.39, 0.29) is 12.5 Å². The lowest BCUT2D eigenvalue weighted by Crippen LogP contribution is -2.47. The van der Waals surface area contributed by atoms with Gasteiger partial charge in [0.25, 0.3) is 5.91 Å². The van der Waals surface area contributed by atoms with Crippen LogP contribution in [0.5, 0.6) is 5.75 Å². The molecular weight excluding hydrogens is 306 g/mol. The predicted octanol–water partition coefficient (Wildman–Crippen LogP) is 3.21. The number of aryl methyl sites for hydroxylation is 1. The Morgan fingerprint density at radius 2 is 2.00 bits per heavy atom. The third-order valence-electron chi connectivity index (χ3n) is 4.61. The van der Waals surface area contributed by atoms with Crippen molar-refractivity contribution >= 4 is 11.9 Å². The molecule has 1 unspecified atom stereocenters. The Hall–Kier alpha value is -2.04. The highest BCUT2D eigenvalue weighted by atomic mass is 16.5. The number of carbonyl (C=O) groups excluding carboxylic acids is 1. The predicted molar refractivity (Wildman–Crippen MR) is 92.3 cm³/mol. The topological polar surface area (TPSA) is 66.8 Å². The summed E-state index contributed by atoms with van der Waals surface area (Å²) in [4.78, 5) is 25.4. The number of likely N-dealkylation sites (tertiary alicyclic amines) is 1. The molecular formula is C19H27NO4. The van der Waals surface area contributed by atoms with Gasteiger partial charge in [0.15, 0.2) is 6.10 Å². The van der Waals surface area contributed by atoms with Gasteiger partial charge in [-0.3, -0.25) is 9.59 Å². The average molecular weight is 333 g/mol. The van der Waals surface area contributed by atoms with Gasteiger partial charge in [-0.1, -0.05) is 26.0 Å². The zero-order chi connectivity index (χ0) is 17.9. The first kappa shape index (κ1) is 18.3. The molecule has 132 valence electrons. The largest absolute Gasteiger partial charge is 0.481 e. The lowest BCUT2D eigenvalue weighted by molar-refractivity contribution is -0.147. The molecule has 0 aliphatic carbocycles. The number of carboxylic acid groups (broad SMARTS) is 1. The number of carbonyl (C=O) groups is 2. The average Bonchev–Trinajstić information content (AvgIpc) is 2.55. The van der Waals surface area contributed by atoms with Crippen molar-refractivity contribution in [3.05, 3.63) is 29.3 Å². The Kier molecular flexibility index (Phi) is 5.86. The van der Waals surface area contributed by atoms with Gasteiger partial charge in [-0.15, -0.1) is 0 Å². The summed E-state index contributed by atoms with van der Waals surface area (Å²) >= 11 is 0. The number of ether oxygens (including phenoxy) is 1. The van der Waals surface area contributed by atoms with Crippen molar-refractivity contribution in [1.82, 2.24) is 4.90 Å². The first-order valence-corrected chi connectivity index (χ1v) is 8.58. The van der Waals surface area contributed by atoms with E-state index in [9.17, 15) is 9.59 Å². The fourth-order valence-corrected chi connectivity index (χ4v) is 2.98. The normalized spacial score (nSPS) is 19.2. The van der Waals surface area contributed by atoms with Crippen LogP contribution in [0.1, 0.15) is 50.7 Å². The molecule has 5 heteroatoms. The van der Waals surface area contributed by atoms with E-state index in [1.165, 1.54) is 5.56 Å². The van der Waals surface area contributed by atoms with Gasteiger partial charge in [-0.2, -0.15) is 0 Å². The maximum atomic E-state index is 12.6. The van der Waals surface area contributed by atoms with Crippen LogP contribution < -0.4 is 4.74 Å². The quantitative estimate of drug-likeness (QED) is 0.898. The standard InChI is InChI=1S/C19H27NO4/c1-12(2)15-8-7-13(3)17(10-15)24-14(4)18(21)20-9-5-6-16(11-20)19(22)23/h7-8,10,12,14,16H,5-6,9,11H2,1-4H3,(H,22,23)/t14?,16-/m0/s1. The second-order valence-electron chi connectivity index (χ2n) is 6.90. The van der Waals surface area contributed by atoms with Crippen molar-refractivity contribution in [1.29, 1.82) is 0 Å². The molecule has 24 heavy (non-hydrogen) atoms. The van der Waals surface area contributed by atoms with E-state index in [0.717, 1.165) is 12.0 Å². The second-order valence-corrected chi connectivity index (χ2v) is 6.90. The lowest BCUT2D eigenvalue weighted by Gasteiger charge is -2.32. The Morgan fingerprint density at radius 3 is 2.62 bits per heavy atom. The molecule has 5 nitrogen and oxygen atoms in total. The molecule has 0 spiro atoms. The number of benzene rings is 1. The molecule has 1 aliphatic rings. The van der Waals surface area contributed by atoms with Crippen LogP contribution in [0.15, 0.2) is 18.2 Å². The number of amides is 1. The monoisotopic (exact) mass is 333 g/mol. The Balaban J connectivity index is 2.06. The van der Waals surface area contributed by atoms with E-state index < -0.39 is 18.0 Å². The zero-order valence-electron chi connectivity index (χ0n) is 14.9. The Labute approximate surface area is 143 Å². The summed E-state index contributed by atoms with van der Waals surface area (Å²) in [6, 6.07) is 6.06. The maximum Gasteiger partial charge on any atom is 0.308 e. The molecule has 0 saturated carbocycles. The third-order valence-corrected chi connectivity index (χ3v) is 4.61. The minimum Gasteiger partial charge on any atom is -0.481 e. The highest BCUT2D eigenvalue weighted by Crippen LogP contribution is 2.26. The molecule has 1 fully saturated rings. The van der Waals surface area contributed by atoms with E-state index in [0.29, 0.717) is 24.6 Å². The number of rotatable bonds is 5. The van der Waals surface area contributed by atoms with Crippen molar-refractivity contribution in [2.45, 2.75) is 52.6 Å². The van der Waals surface area contributed by atoms with E-state index in [4.69, 9.17) is 9.84 Å².